The molecule has 0 radical (unpaired) electrons. The summed E-state index contributed by atoms with van der Waals surface area (Å²) in [6.45, 7) is 0.506. The predicted octanol–water partition coefficient (Wildman–Crippen LogP) is 4.10. The third kappa shape index (κ3) is 4.87. The van der Waals surface area contributed by atoms with Crippen LogP contribution >= 0.6 is 0 Å². The molecule has 3 aromatic carbocycles. The van der Waals surface area contributed by atoms with E-state index in [1.54, 1.807) is 41.2 Å². The number of anilines is 1. The van der Waals surface area contributed by atoms with Crippen molar-refractivity contribution in [1.29, 1.82) is 0 Å². The van der Waals surface area contributed by atoms with E-state index in [1.807, 2.05) is 60.7 Å². The van der Waals surface area contributed by atoms with Crippen LogP contribution in [0, 0.1) is 0 Å². The number of carbonyl (C=O) groups is 2. The summed E-state index contributed by atoms with van der Waals surface area (Å²) >= 11 is 0. The average molecular weight is 410 g/mol. The SMILES string of the molecule is O=C(NCCc1ccccc1)c1ccccc1NC(=O)c1ccnn1-c1ccccc1. The molecule has 0 aliphatic carbocycles. The molecule has 0 saturated carbocycles. The Kier molecular flexibility index (Phi) is 6.18. The van der Waals surface area contributed by atoms with Crippen LogP contribution in [0.4, 0.5) is 5.69 Å². The number of hydrogen-bond donors (Lipinski definition) is 2. The van der Waals surface area contributed by atoms with Crippen LogP contribution in [0.2, 0.25) is 0 Å². The Morgan fingerprint density at radius 1 is 0.774 bits per heavy atom. The van der Waals surface area contributed by atoms with E-state index in [1.165, 1.54) is 0 Å². The van der Waals surface area contributed by atoms with Crippen LogP contribution in [0.25, 0.3) is 5.69 Å². The zero-order valence-corrected chi connectivity index (χ0v) is 16.9. The molecule has 4 aromatic rings. The fourth-order valence-electron chi connectivity index (χ4n) is 3.29. The van der Waals surface area contributed by atoms with Crippen LogP contribution in [0.5, 0.6) is 0 Å². The second kappa shape index (κ2) is 9.54. The van der Waals surface area contributed by atoms with Crippen molar-refractivity contribution >= 4 is 17.5 Å². The summed E-state index contributed by atoms with van der Waals surface area (Å²) in [5, 5.41) is 10.0. The smallest absolute Gasteiger partial charge is 0.274 e. The zero-order valence-electron chi connectivity index (χ0n) is 16.9. The monoisotopic (exact) mass is 410 g/mol. The summed E-state index contributed by atoms with van der Waals surface area (Å²) in [5.41, 5.74) is 3.17. The van der Waals surface area contributed by atoms with Crippen LogP contribution < -0.4 is 10.6 Å². The highest BCUT2D eigenvalue weighted by molar-refractivity contribution is 6.08. The first kappa shape index (κ1) is 20.1. The molecule has 0 unspecified atom stereocenters. The lowest BCUT2D eigenvalue weighted by molar-refractivity contribution is 0.0955. The van der Waals surface area contributed by atoms with Gasteiger partial charge >= 0.3 is 0 Å². The van der Waals surface area contributed by atoms with Gasteiger partial charge in [0.05, 0.1) is 23.1 Å². The molecule has 154 valence electrons. The lowest BCUT2D eigenvalue weighted by Crippen LogP contribution is -2.27. The maximum atomic E-state index is 12.9. The summed E-state index contributed by atoms with van der Waals surface area (Å²) in [6.07, 6.45) is 2.31. The largest absolute Gasteiger partial charge is 0.352 e. The Balaban J connectivity index is 1.46. The van der Waals surface area contributed by atoms with Crippen molar-refractivity contribution < 1.29 is 9.59 Å². The highest BCUT2D eigenvalue weighted by atomic mass is 16.2. The van der Waals surface area contributed by atoms with E-state index in [9.17, 15) is 9.59 Å². The van der Waals surface area contributed by atoms with Gasteiger partial charge in [0.2, 0.25) is 0 Å². The molecular weight excluding hydrogens is 388 g/mol. The molecule has 1 aromatic heterocycles. The number of aromatic nitrogens is 2. The molecule has 0 fully saturated rings. The van der Waals surface area contributed by atoms with Crippen LogP contribution in [-0.4, -0.2) is 28.1 Å². The van der Waals surface area contributed by atoms with E-state index in [2.05, 4.69) is 15.7 Å². The van der Waals surface area contributed by atoms with Gasteiger partial charge in [-0.25, -0.2) is 4.68 Å². The highest BCUT2D eigenvalue weighted by Crippen LogP contribution is 2.17. The molecule has 0 bridgehead atoms. The summed E-state index contributed by atoms with van der Waals surface area (Å²) in [6, 6.07) is 28.0. The average Bonchev–Trinajstić information content (AvgIpc) is 3.31. The quantitative estimate of drug-likeness (QED) is 0.482. The third-order valence-electron chi connectivity index (χ3n) is 4.84. The number of hydrogen-bond acceptors (Lipinski definition) is 3. The van der Waals surface area contributed by atoms with E-state index in [0.717, 1.165) is 17.7 Å². The molecule has 0 atom stereocenters. The first-order valence-electron chi connectivity index (χ1n) is 10.0. The third-order valence-corrected chi connectivity index (χ3v) is 4.84. The van der Waals surface area contributed by atoms with Crippen molar-refractivity contribution in [3.05, 3.63) is 114 Å². The minimum atomic E-state index is -0.342. The van der Waals surface area contributed by atoms with E-state index in [-0.39, 0.29) is 11.8 Å². The Labute approximate surface area is 180 Å². The molecule has 1 heterocycles. The molecule has 0 spiro atoms. The Bertz CT molecular complexity index is 1170. The number of rotatable bonds is 7. The molecule has 2 N–H and O–H groups in total. The molecular formula is C25H22N4O2. The number of amides is 2. The maximum absolute atomic E-state index is 12.9. The molecule has 6 heteroatoms. The molecule has 6 nitrogen and oxygen atoms in total. The predicted molar refractivity (Wildman–Crippen MR) is 120 cm³/mol. The Morgan fingerprint density at radius 2 is 1.45 bits per heavy atom. The highest BCUT2D eigenvalue weighted by Gasteiger charge is 2.17. The van der Waals surface area contributed by atoms with Crippen LogP contribution in [0.15, 0.2) is 97.2 Å². The molecule has 4 rings (SSSR count). The first-order chi connectivity index (χ1) is 15.2. The molecule has 0 saturated heterocycles. The first-order valence-corrected chi connectivity index (χ1v) is 10.0. The number of nitrogens with one attached hydrogen (secondary N) is 2. The number of benzene rings is 3. The van der Waals surface area contributed by atoms with Crippen molar-refractivity contribution in [3.63, 3.8) is 0 Å². The molecule has 31 heavy (non-hydrogen) atoms. The van der Waals surface area contributed by atoms with E-state index in [4.69, 9.17) is 0 Å². The normalized spacial score (nSPS) is 10.5. The standard InChI is InChI=1S/C25H22N4O2/c30-24(26-17-15-19-9-3-1-4-10-19)21-13-7-8-14-22(21)28-25(31)23-16-18-27-29(23)20-11-5-2-6-12-20/h1-14,16,18H,15,17H2,(H,26,30)(H,28,31). The van der Waals surface area contributed by atoms with Gasteiger partial charge in [-0.3, -0.25) is 9.59 Å². The van der Waals surface area contributed by atoms with Gasteiger partial charge in [0.25, 0.3) is 11.8 Å². The van der Waals surface area contributed by atoms with E-state index >= 15 is 0 Å². The Hall–Kier alpha value is -4.19. The molecule has 0 aliphatic rings. The van der Waals surface area contributed by atoms with Crippen LogP contribution in [0.1, 0.15) is 26.4 Å². The molecule has 2 amide bonds. The van der Waals surface area contributed by atoms with Gasteiger partial charge in [0.1, 0.15) is 5.69 Å². The lowest BCUT2D eigenvalue weighted by atomic mass is 10.1. The summed E-state index contributed by atoms with van der Waals surface area (Å²) in [7, 11) is 0. The van der Waals surface area contributed by atoms with Gasteiger partial charge in [0, 0.05) is 6.54 Å². The van der Waals surface area contributed by atoms with Crippen molar-refractivity contribution in [2.75, 3.05) is 11.9 Å². The fourth-order valence-corrected chi connectivity index (χ4v) is 3.29. The van der Waals surface area contributed by atoms with Crippen molar-refractivity contribution in [2.45, 2.75) is 6.42 Å². The van der Waals surface area contributed by atoms with Gasteiger partial charge < -0.3 is 10.6 Å². The number of nitrogens with zero attached hydrogens (tertiary/aromatic N) is 2. The maximum Gasteiger partial charge on any atom is 0.274 e. The van der Waals surface area contributed by atoms with Crippen molar-refractivity contribution in [2.24, 2.45) is 0 Å². The van der Waals surface area contributed by atoms with Crippen molar-refractivity contribution in [1.82, 2.24) is 15.1 Å². The number of para-hydroxylation sites is 2. The van der Waals surface area contributed by atoms with E-state index in [0.29, 0.717) is 23.5 Å². The van der Waals surface area contributed by atoms with Gasteiger partial charge in [-0.15, -0.1) is 0 Å². The van der Waals surface area contributed by atoms with Crippen molar-refractivity contribution in [3.8, 4) is 5.69 Å². The minimum absolute atomic E-state index is 0.233. The fraction of sp³-hybridized carbons (Fsp3) is 0.0800. The van der Waals surface area contributed by atoms with Crippen LogP contribution in [0.3, 0.4) is 0 Å². The second-order valence-corrected chi connectivity index (χ2v) is 6.96. The Morgan fingerprint density at radius 3 is 2.23 bits per heavy atom. The van der Waals surface area contributed by atoms with Gasteiger partial charge in [-0.05, 0) is 42.3 Å². The summed E-state index contributed by atoms with van der Waals surface area (Å²) in [4.78, 5) is 25.7. The number of carbonyl (C=O) groups excluding carboxylic acids is 2. The van der Waals surface area contributed by atoms with Gasteiger partial charge in [0.15, 0.2) is 0 Å². The van der Waals surface area contributed by atoms with Crippen LogP contribution in [-0.2, 0) is 6.42 Å². The topological polar surface area (TPSA) is 76.0 Å². The molecule has 0 aliphatic heterocycles. The summed E-state index contributed by atoms with van der Waals surface area (Å²) < 4.78 is 1.57. The van der Waals surface area contributed by atoms with Gasteiger partial charge in [-0.2, -0.15) is 5.10 Å². The lowest BCUT2D eigenvalue weighted by Gasteiger charge is -2.12. The van der Waals surface area contributed by atoms with Gasteiger partial charge in [-0.1, -0.05) is 60.7 Å². The van der Waals surface area contributed by atoms with E-state index < -0.39 is 0 Å². The summed E-state index contributed by atoms with van der Waals surface area (Å²) in [5.74, 6) is -0.575. The second-order valence-electron chi connectivity index (χ2n) is 6.96. The zero-order chi connectivity index (χ0) is 21.5. The minimum Gasteiger partial charge on any atom is -0.352 e.